The maximum atomic E-state index is 2.73. The summed E-state index contributed by atoms with van der Waals surface area (Å²) in [6.45, 7) is 29.4. The number of benzene rings is 8. The minimum absolute atomic E-state index is 0.000925. The first-order valence-corrected chi connectivity index (χ1v) is 29.5. The van der Waals surface area contributed by atoms with Crippen molar-refractivity contribution in [3.63, 3.8) is 0 Å². The van der Waals surface area contributed by atoms with E-state index in [9.17, 15) is 0 Å². The van der Waals surface area contributed by atoms with E-state index >= 15 is 0 Å². The van der Waals surface area contributed by atoms with E-state index in [1.54, 1.807) is 0 Å². The van der Waals surface area contributed by atoms with E-state index < -0.39 is 8.07 Å². The number of para-hydroxylation sites is 2. The van der Waals surface area contributed by atoms with Gasteiger partial charge in [0, 0.05) is 46.4 Å². The Morgan fingerprint density at radius 3 is 1.69 bits per heavy atom. The van der Waals surface area contributed by atoms with Gasteiger partial charge in [-0.15, -0.1) is 0 Å². The average molecular weight is 944 g/mol. The predicted octanol–water partition coefficient (Wildman–Crippen LogP) is 15.3. The zero-order chi connectivity index (χ0) is 49.8. The lowest BCUT2D eigenvalue weighted by Gasteiger charge is -2.46. The highest BCUT2D eigenvalue weighted by molar-refractivity contribution is 7.01. The number of hydrogen-bond acceptors (Lipinski definition) is 3. The molecular weight excluding hydrogens is 874 g/mol. The first-order chi connectivity index (χ1) is 33.7. The van der Waals surface area contributed by atoms with Gasteiger partial charge in [0.2, 0.25) is 0 Å². The highest BCUT2D eigenvalue weighted by Gasteiger charge is 2.46. The van der Waals surface area contributed by atoms with Gasteiger partial charge in [-0.05, 0) is 152 Å². The average Bonchev–Trinajstić information content (AvgIpc) is 3.64. The lowest BCUT2D eigenvalue weighted by molar-refractivity contribution is 0.392. The number of rotatable bonds is 8. The molecule has 8 aromatic carbocycles. The first-order valence-electron chi connectivity index (χ1n) is 26.0. The van der Waals surface area contributed by atoms with Gasteiger partial charge in [0.1, 0.15) is 0 Å². The van der Waals surface area contributed by atoms with Gasteiger partial charge in [-0.3, -0.25) is 0 Å². The fraction of sp³-hybridized carbons (Fsp3) is 0.273. The minimum atomic E-state index is -1.75. The standard InChI is InChI=1S/C66H70BN3Si/c1-44-34-49(64(2,3)4)30-32-58(44)70-59-33-31-54(71(10,11)12)40-57(59)67-56-35-47-41-66(8,9)42-48(47)36-60(56)68(43-46-28-29-50(65(5,6)7)37-55(46)45-22-16-13-17-23-45)61-38-53(39-62(70)63(61)67)69(51-24-18-14-19-25-51)52-26-20-15-21-27-52/h13-40H,41-43H2,1-12H3. The van der Waals surface area contributed by atoms with Crippen LogP contribution in [0.15, 0.2) is 170 Å². The second-order valence-corrected chi connectivity index (χ2v) is 29.8. The summed E-state index contributed by atoms with van der Waals surface area (Å²) < 4.78 is 0. The molecule has 2 aliphatic heterocycles. The van der Waals surface area contributed by atoms with Gasteiger partial charge in [0.25, 0.3) is 6.71 Å². The summed E-state index contributed by atoms with van der Waals surface area (Å²) in [6.07, 6.45) is 2.16. The molecule has 11 rings (SSSR count). The summed E-state index contributed by atoms with van der Waals surface area (Å²) in [6, 6.07) is 65.4. The highest BCUT2D eigenvalue weighted by Crippen LogP contribution is 2.49. The molecule has 0 aromatic heterocycles. The number of hydrogen-bond donors (Lipinski definition) is 0. The topological polar surface area (TPSA) is 9.72 Å². The van der Waals surface area contributed by atoms with Crippen molar-refractivity contribution in [3.05, 3.63) is 203 Å². The van der Waals surface area contributed by atoms with Crippen molar-refractivity contribution < 1.29 is 0 Å². The summed E-state index contributed by atoms with van der Waals surface area (Å²) in [7, 11) is -1.75. The Balaban J connectivity index is 1.26. The highest BCUT2D eigenvalue weighted by atomic mass is 28.3. The lowest BCUT2D eigenvalue weighted by atomic mass is 9.33. The van der Waals surface area contributed by atoms with Crippen LogP contribution < -0.4 is 36.3 Å². The van der Waals surface area contributed by atoms with Gasteiger partial charge < -0.3 is 14.7 Å². The normalized spacial score (nSPS) is 14.7. The van der Waals surface area contributed by atoms with Crippen molar-refractivity contribution in [2.75, 3.05) is 14.7 Å². The van der Waals surface area contributed by atoms with Crippen molar-refractivity contribution in [3.8, 4) is 11.1 Å². The molecule has 0 N–H and O–H groups in total. The fourth-order valence-electron chi connectivity index (χ4n) is 11.9. The van der Waals surface area contributed by atoms with Crippen LogP contribution in [0.5, 0.6) is 0 Å². The predicted molar refractivity (Wildman–Crippen MR) is 311 cm³/mol. The summed E-state index contributed by atoms with van der Waals surface area (Å²) in [5.41, 5.74) is 25.0. The maximum Gasteiger partial charge on any atom is 0.252 e. The second kappa shape index (κ2) is 17.1. The smallest absolute Gasteiger partial charge is 0.252 e. The molecule has 0 atom stereocenters. The van der Waals surface area contributed by atoms with Gasteiger partial charge in [0.15, 0.2) is 0 Å². The van der Waals surface area contributed by atoms with E-state index in [2.05, 4.69) is 267 Å². The molecule has 0 spiro atoms. The van der Waals surface area contributed by atoms with Crippen LogP contribution in [0.4, 0.5) is 45.5 Å². The van der Waals surface area contributed by atoms with Gasteiger partial charge in [-0.1, -0.05) is 195 Å². The van der Waals surface area contributed by atoms with Crippen LogP contribution in [-0.2, 0) is 30.2 Å². The molecule has 71 heavy (non-hydrogen) atoms. The Hall–Kier alpha value is -6.56. The Kier molecular flexibility index (Phi) is 11.2. The molecule has 0 unspecified atom stereocenters. The molecule has 3 aliphatic rings. The van der Waals surface area contributed by atoms with E-state index in [0.29, 0.717) is 6.54 Å². The lowest BCUT2D eigenvalue weighted by Crippen LogP contribution is -2.63. The van der Waals surface area contributed by atoms with Gasteiger partial charge in [-0.2, -0.15) is 0 Å². The summed E-state index contributed by atoms with van der Waals surface area (Å²) in [4.78, 5) is 7.84. The minimum Gasteiger partial charge on any atom is -0.338 e. The largest absolute Gasteiger partial charge is 0.338 e. The number of fused-ring (bicyclic) bond motifs is 5. The molecule has 0 amide bonds. The van der Waals surface area contributed by atoms with E-state index in [1.807, 2.05) is 0 Å². The molecule has 0 saturated heterocycles. The number of anilines is 8. The van der Waals surface area contributed by atoms with Crippen LogP contribution >= 0.6 is 0 Å². The number of aryl methyl sites for hydroxylation is 1. The molecule has 0 bridgehead atoms. The van der Waals surface area contributed by atoms with E-state index in [-0.39, 0.29) is 23.0 Å². The van der Waals surface area contributed by atoms with Crippen LogP contribution in [0.1, 0.15) is 88.8 Å². The quantitative estimate of drug-likeness (QED) is 0.141. The molecule has 0 radical (unpaired) electrons. The monoisotopic (exact) mass is 944 g/mol. The Morgan fingerprint density at radius 1 is 0.535 bits per heavy atom. The first kappa shape index (κ1) is 46.8. The van der Waals surface area contributed by atoms with Gasteiger partial charge >= 0.3 is 0 Å². The third-order valence-electron chi connectivity index (χ3n) is 15.7. The Bertz CT molecular complexity index is 3300. The van der Waals surface area contributed by atoms with Crippen molar-refractivity contribution >= 4 is 81.9 Å². The summed E-state index contributed by atoms with van der Waals surface area (Å²) >= 11 is 0. The summed E-state index contributed by atoms with van der Waals surface area (Å²) in [5, 5.41) is 1.50. The van der Waals surface area contributed by atoms with Gasteiger partial charge in [0.05, 0.1) is 13.8 Å². The molecule has 5 heteroatoms. The number of nitrogens with zero attached hydrogens (tertiary/aromatic N) is 3. The van der Waals surface area contributed by atoms with Crippen LogP contribution in [0.2, 0.25) is 19.6 Å². The third kappa shape index (κ3) is 8.44. The van der Waals surface area contributed by atoms with Crippen molar-refractivity contribution in [2.45, 2.75) is 112 Å². The zero-order valence-electron chi connectivity index (χ0n) is 44.2. The molecule has 0 saturated carbocycles. The maximum absolute atomic E-state index is 2.73. The molecule has 1 aliphatic carbocycles. The SMILES string of the molecule is Cc1cc(C(C)(C)C)ccc1N1c2ccc([Si](C)(C)C)cc2B2c3cc4c(cc3N(Cc3ccc(C(C)(C)C)cc3-c3ccccc3)c3cc(N(c5ccccc5)c5ccccc5)cc1c32)CC(C)(C)C4. The second-order valence-electron chi connectivity index (χ2n) is 24.7. The molecule has 8 aromatic rings. The van der Waals surface area contributed by atoms with Crippen LogP contribution in [0, 0.1) is 12.3 Å². The fourth-order valence-corrected chi connectivity index (χ4v) is 13.0. The molecular formula is C66H70BN3Si. The molecule has 0 fully saturated rings. The molecule has 3 nitrogen and oxygen atoms in total. The Labute approximate surface area is 426 Å². The van der Waals surface area contributed by atoms with Gasteiger partial charge in [-0.25, -0.2) is 0 Å². The van der Waals surface area contributed by atoms with E-state index in [4.69, 9.17) is 0 Å². The third-order valence-corrected chi connectivity index (χ3v) is 17.7. The van der Waals surface area contributed by atoms with Crippen LogP contribution in [-0.4, -0.2) is 14.8 Å². The van der Waals surface area contributed by atoms with Crippen molar-refractivity contribution in [2.24, 2.45) is 5.41 Å². The zero-order valence-corrected chi connectivity index (χ0v) is 45.2. The van der Waals surface area contributed by atoms with Crippen LogP contribution in [0.3, 0.4) is 0 Å². The van der Waals surface area contributed by atoms with E-state index in [1.165, 1.54) is 94.5 Å². The summed E-state index contributed by atoms with van der Waals surface area (Å²) in [5.74, 6) is 0. The van der Waals surface area contributed by atoms with Crippen molar-refractivity contribution in [1.82, 2.24) is 0 Å². The van der Waals surface area contributed by atoms with Crippen molar-refractivity contribution in [1.29, 1.82) is 0 Å². The Morgan fingerprint density at radius 2 is 1.08 bits per heavy atom. The molecule has 2 heterocycles. The molecule has 356 valence electrons. The van der Waals surface area contributed by atoms with E-state index in [0.717, 1.165) is 29.9 Å². The van der Waals surface area contributed by atoms with Crippen LogP contribution in [0.25, 0.3) is 11.1 Å².